The van der Waals surface area contributed by atoms with Crippen LogP contribution in [-0.2, 0) is 29.2 Å². The van der Waals surface area contributed by atoms with E-state index in [2.05, 4.69) is 15.7 Å². The Hall–Kier alpha value is -4.99. The number of rotatable bonds is 9. The maximum absolute atomic E-state index is 12.5. The first-order valence-electron chi connectivity index (χ1n) is 12.0. The zero-order valence-corrected chi connectivity index (χ0v) is 20.8. The zero-order chi connectivity index (χ0) is 26.9. The standard InChI is InChI=1S/C28H27N5O5/c1-2-38-28(37)30-23-7-5-6-21(16-23)18-33-27(36)14-13-24(31-33)22-11-9-20(10-12-22)17-29-25(34)19-32-15-4-3-8-26(32)35/h3-16H,2,17-19H2,1H3,(H,29,34)(H,30,37). The number of nitrogens with one attached hydrogen (secondary N) is 2. The van der Waals surface area contributed by atoms with E-state index in [1.54, 1.807) is 49.5 Å². The van der Waals surface area contributed by atoms with Crippen molar-refractivity contribution in [3.8, 4) is 11.3 Å². The summed E-state index contributed by atoms with van der Waals surface area (Å²) in [6, 6.07) is 22.4. The van der Waals surface area contributed by atoms with Gasteiger partial charge < -0.3 is 14.6 Å². The number of hydrogen-bond acceptors (Lipinski definition) is 6. The minimum absolute atomic E-state index is 0.0506. The third-order valence-corrected chi connectivity index (χ3v) is 5.60. The van der Waals surface area contributed by atoms with E-state index in [4.69, 9.17) is 4.74 Å². The molecular formula is C28H27N5O5. The topological polar surface area (TPSA) is 124 Å². The van der Waals surface area contributed by atoms with E-state index < -0.39 is 6.09 Å². The predicted octanol–water partition coefficient (Wildman–Crippen LogP) is 3.01. The van der Waals surface area contributed by atoms with E-state index >= 15 is 0 Å². The lowest BCUT2D eigenvalue weighted by Crippen LogP contribution is -2.31. The lowest BCUT2D eigenvalue weighted by molar-refractivity contribution is -0.121. The first-order valence-corrected chi connectivity index (χ1v) is 12.0. The fourth-order valence-electron chi connectivity index (χ4n) is 3.72. The van der Waals surface area contributed by atoms with E-state index in [-0.39, 0.29) is 36.7 Å². The normalized spacial score (nSPS) is 10.6. The number of pyridine rings is 1. The summed E-state index contributed by atoms with van der Waals surface area (Å²) in [6.07, 6.45) is 1.02. The quantitative estimate of drug-likeness (QED) is 0.355. The summed E-state index contributed by atoms with van der Waals surface area (Å²) in [5, 5.41) is 9.96. The average Bonchev–Trinajstić information content (AvgIpc) is 2.91. The maximum Gasteiger partial charge on any atom is 0.411 e. The Labute approximate surface area is 218 Å². The first-order chi connectivity index (χ1) is 18.4. The minimum Gasteiger partial charge on any atom is -0.450 e. The van der Waals surface area contributed by atoms with Crippen LogP contribution in [0.3, 0.4) is 0 Å². The van der Waals surface area contributed by atoms with Gasteiger partial charge in [0.25, 0.3) is 11.1 Å². The molecule has 4 aromatic rings. The van der Waals surface area contributed by atoms with Crippen molar-refractivity contribution >= 4 is 17.7 Å². The highest BCUT2D eigenvalue weighted by Crippen LogP contribution is 2.17. The second-order valence-corrected chi connectivity index (χ2v) is 8.40. The predicted molar refractivity (Wildman–Crippen MR) is 143 cm³/mol. The van der Waals surface area contributed by atoms with Crippen LogP contribution in [0.5, 0.6) is 0 Å². The molecule has 2 aromatic carbocycles. The molecule has 194 valence electrons. The van der Waals surface area contributed by atoms with Gasteiger partial charge in [-0.15, -0.1) is 0 Å². The number of carbonyl (C=O) groups excluding carboxylic acids is 2. The van der Waals surface area contributed by atoms with Gasteiger partial charge in [-0.1, -0.05) is 42.5 Å². The molecule has 0 radical (unpaired) electrons. The van der Waals surface area contributed by atoms with Crippen molar-refractivity contribution < 1.29 is 14.3 Å². The summed E-state index contributed by atoms with van der Waals surface area (Å²) in [7, 11) is 0. The molecule has 0 aliphatic heterocycles. The molecular weight excluding hydrogens is 486 g/mol. The highest BCUT2D eigenvalue weighted by Gasteiger charge is 2.08. The number of hydrogen-bond donors (Lipinski definition) is 2. The number of amides is 2. The van der Waals surface area contributed by atoms with Crippen molar-refractivity contribution in [1.82, 2.24) is 19.7 Å². The Morgan fingerprint density at radius 3 is 2.47 bits per heavy atom. The van der Waals surface area contributed by atoms with Gasteiger partial charge in [0, 0.05) is 36.1 Å². The van der Waals surface area contributed by atoms with Crippen molar-refractivity contribution in [3.05, 3.63) is 117 Å². The number of benzene rings is 2. The number of aromatic nitrogens is 3. The van der Waals surface area contributed by atoms with Crippen LogP contribution in [0.1, 0.15) is 18.1 Å². The fourth-order valence-corrected chi connectivity index (χ4v) is 3.72. The van der Waals surface area contributed by atoms with E-state index in [1.807, 2.05) is 30.3 Å². The Kier molecular flexibility index (Phi) is 8.45. The monoisotopic (exact) mass is 513 g/mol. The third kappa shape index (κ3) is 7.03. The van der Waals surface area contributed by atoms with Gasteiger partial charge in [0.2, 0.25) is 5.91 Å². The van der Waals surface area contributed by atoms with Crippen molar-refractivity contribution in [2.24, 2.45) is 0 Å². The molecule has 0 fully saturated rings. The largest absolute Gasteiger partial charge is 0.450 e. The third-order valence-electron chi connectivity index (χ3n) is 5.60. The Morgan fingerprint density at radius 2 is 1.71 bits per heavy atom. The lowest BCUT2D eigenvalue weighted by Gasteiger charge is -2.10. The fraction of sp³-hybridized carbons (Fsp3) is 0.179. The maximum atomic E-state index is 12.5. The van der Waals surface area contributed by atoms with Gasteiger partial charge in [0.1, 0.15) is 6.54 Å². The van der Waals surface area contributed by atoms with Crippen molar-refractivity contribution in [3.63, 3.8) is 0 Å². The summed E-state index contributed by atoms with van der Waals surface area (Å²) in [5.74, 6) is -0.266. The van der Waals surface area contributed by atoms with Crippen LogP contribution in [0, 0.1) is 0 Å². The second kappa shape index (κ2) is 12.3. The molecule has 4 rings (SSSR count). The second-order valence-electron chi connectivity index (χ2n) is 8.40. The Balaban J connectivity index is 1.40. The van der Waals surface area contributed by atoms with Crippen LogP contribution in [0.15, 0.2) is 94.6 Å². The molecule has 38 heavy (non-hydrogen) atoms. The molecule has 2 N–H and O–H groups in total. The van der Waals surface area contributed by atoms with Gasteiger partial charge in [-0.25, -0.2) is 9.48 Å². The Morgan fingerprint density at radius 1 is 0.895 bits per heavy atom. The van der Waals surface area contributed by atoms with Crippen molar-refractivity contribution in [2.75, 3.05) is 11.9 Å². The molecule has 10 nitrogen and oxygen atoms in total. The molecule has 0 unspecified atom stereocenters. The van der Waals surface area contributed by atoms with Crippen LogP contribution in [0.2, 0.25) is 0 Å². The average molecular weight is 514 g/mol. The van der Waals surface area contributed by atoms with Gasteiger partial charge in [0.15, 0.2) is 0 Å². The van der Waals surface area contributed by atoms with E-state index in [0.29, 0.717) is 17.9 Å². The van der Waals surface area contributed by atoms with Gasteiger partial charge in [-0.2, -0.15) is 5.10 Å². The summed E-state index contributed by atoms with van der Waals surface area (Å²) in [6.45, 7) is 2.47. The molecule has 0 aliphatic carbocycles. The molecule has 0 aliphatic rings. The van der Waals surface area contributed by atoms with Crippen LogP contribution in [0.25, 0.3) is 11.3 Å². The molecule has 0 atom stereocenters. The molecule has 2 amide bonds. The zero-order valence-electron chi connectivity index (χ0n) is 20.8. The summed E-state index contributed by atoms with van der Waals surface area (Å²) >= 11 is 0. The molecule has 2 aromatic heterocycles. The molecule has 10 heteroatoms. The number of carbonyl (C=O) groups is 2. The highest BCUT2D eigenvalue weighted by atomic mass is 16.5. The molecule has 2 heterocycles. The van der Waals surface area contributed by atoms with Crippen LogP contribution < -0.4 is 21.8 Å². The first kappa shape index (κ1) is 26.1. The molecule has 0 spiro atoms. The lowest BCUT2D eigenvalue weighted by atomic mass is 10.1. The number of ether oxygens (including phenoxy) is 1. The van der Waals surface area contributed by atoms with Gasteiger partial charge >= 0.3 is 6.09 Å². The summed E-state index contributed by atoms with van der Waals surface area (Å²) in [5.41, 5.74) is 3.16. The highest BCUT2D eigenvalue weighted by molar-refractivity contribution is 5.84. The minimum atomic E-state index is -0.545. The van der Waals surface area contributed by atoms with Gasteiger partial charge in [0.05, 0.1) is 18.8 Å². The number of nitrogens with zero attached hydrogens (tertiary/aromatic N) is 3. The van der Waals surface area contributed by atoms with Crippen LogP contribution in [-0.4, -0.2) is 33.0 Å². The van der Waals surface area contributed by atoms with Crippen LogP contribution >= 0.6 is 0 Å². The molecule has 0 saturated carbocycles. The van der Waals surface area contributed by atoms with E-state index in [9.17, 15) is 19.2 Å². The van der Waals surface area contributed by atoms with Gasteiger partial charge in [-0.3, -0.25) is 19.7 Å². The Bertz CT molecular complexity index is 1540. The SMILES string of the molecule is CCOC(=O)Nc1cccc(Cn2nc(-c3ccc(CNC(=O)Cn4ccccc4=O)cc3)ccc2=O)c1. The molecule has 0 saturated heterocycles. The smallest absolute Gasteiger partial charge is 0.411 e. The van der Waals surface area contributed by atoms with Gasteiger partial charge in [-0.05, 0) is 42.3 Å². The summed E-state index contributed by atoms with van der Waals surface area (Å²) < 4.78 is 7.60. The summed E-state index contributed by atoms with van der Waals surface area (Å²) in [4.78, 5) is 48.1. The number of anilines is 1. The van der Waals surface area contributed by atoms with Crippen molar-refractivity contribution in [2.45, 2.75) is 26.6 Å². The van der Waals surface area contributed by atoms with E-state index in [1.165, 1.54) is 21.4 Å². The molecule has 0 bridgehead atoms. The van der Waals surface area contributed by atoms with Crippen LogP contribution in [0.4, 0.5) is 10.5 Å². The van der Waals surface area contributed by atoms with Crippen molar-refractivity contribution in [1.29, 1.82) is 0 Å². The van der Waals surface area contributed by atoms with E-state index in [0.717, 1.165) is 16.7 Å².